The van der Waals surface area contributed by atoms with Crippen molar-refractivity contribution >= 4 is 22.0 Å². The molecule has 7 nitrogen and oxygen atoms in total. The molecule has 0 spiro atoms. The molecule has 1 N–H and O–H groups in total. The lowest BCUT2D eigenvalue weighted by molar-refractivity contribution is -0.234. The van der Waals surface area contributed by atoms with E-state index in [2.05, 4.69) is 4.74 Å². The van der Waals surface area contributed by atoms with Crippen molar-refractivity contribution in [2.45, 2.75) is 31.9 Å². The summed E-state index contributed by atoms with van der Waals surface area (Å²) in [4.78, 5) is 23.9. The molecule has 0 atom stereocenters. The van der Waals surface area contributed by atoms with Crippen LogP contribution >= 0.6 is 0 Å². The number of likely N-dealkylation sites (tertiary alicyclic amines) is 1. The van der Waals surface area contributed by atoms with Crippen molar-refractivity contribution in [3.8, 4) is 0 Å². The van der Waals surface area contributed by atoms with E-state index in [9.17, 15) is 35.6 Å². The Hall–Kier alpha value is -1.43. The lowest BCUT2D eigenvalue weighted by Gasteiger charge is -2.39. The molecule has 0 aromatic heterocycles. The molecule has 0 saturated carbocycles. The number of nitrogens with zero attached hydrogens (tertiary/aromatic N) is 1. The Morgan fingerprint density at radius 2 is 1.67 bits per heavy atom. The van der Waals surface area contributed by atoms with Crippen LogP contribution in [0.15, 0.2) is 0 Å². The zero-order valence-electron chi connectivity index (χ0n) is 13.1. The van der Waals surface area contributed by atoms with Gasteiger partial charge in [0.15, 0.2) is 0 Å². The first-order valence-electron chi connectivity index (χ1n) is 6.69. The van der Waals surface area contributed by atoms with E-state index >= 15 is 0 Å². The Morgan fingerprint density at radius 3 is 2.04 bits per heavy atom. The summed E-state index contributed by atoms with van der Waals surface area (Å²) in [6, 6.07) is 0. The number of rotatable bonds is 6. The molecule has 1 fully saturated rings. The van der Waals surface area contributed by atoms with Crippen molar-refractivity contribution < 1.29 is 44.9 Å². The van der Waals surface area contributed by atoms with Crippen LogP contribution in [0.25, 0.3) is 0 Å². The van der Waals surface area contributed by atoms with Gasteiger partial charge in [-0.25, -0.2) is 0 Å². The van der Waals surface area contributed by atoms with Crippen molar-refractivity contribution in [3.05, 3.63) is 0 Å². The largest absolute Gasteiger partial charge is 0.465 e. The van der Waals surface area contributed by atoms with Crippen LogP contribution in [0, 0.1) is 11.3 Å². The number of halogens is 4. The van der Waals surface area contributed by atoms with Crippen molar-refractivity contribution in [2.75, 3.05) is 19.7 Å². The van der Waals surface area contributed by atoms with E-state index < -0.39 is 45.2 Å². The average molecular weight is 379 g/mol. The first kappa shape index (κ1) is 20.6. The molecule has 24 heavy (non-hydrogen) atoms. The molecule has 0 radical (unpaired) electrons. The second kappa shape index (κ2) is 6.14. The van der Waals surface area contributed by atoms with Gasteiger partial charge in [0.25, 0.3) is 0 Å². The first-order chi connectivity index (χ1) is 10.5. The molecular formula is C12H17F4NO6S. The van der Waals surface area contributed by atoms with Crippen molar-refractivity contribution in [1.82, 2.24) is 4.90 Å². The molecule has 0 aromatic rings. The maximum Gasteiger partial charge on any atom is 0.432 e. The zero-order chi connectivity index (χ0) is 19.1. The highest BCUT2D eigenvalue weighted by Crippen LogP contribution is 2.49. The normalized spacial score (nSPS) is 17.4. The van der Waals surface area contributed by atoms with Gasteiger partial charge in [-0.05, 0) is 0 Å². The molecule has 0 bridgehead atoms. The SMILES string of the molecule is CC(=O)N1CC(C(=O)OCC(C)(C)C(F)(F)C(F)(F)S(=O)(=O)O)C1. The van der Waals surface area contributed by atoms with Crippen LogP contribution in [0.3, 0.4) is 0 Å². The molecule has 0 aliphatic carbocycles. The summed E-state index contributed by atoms with van der Waals surface area (Å²) < 4.78 is 88.3. The van der Waals surface area contributed by atoms with Gasteiger partial charge in [-0.3, -0.25) is 14.1 Å². The fourth-order valence-electron chi connectivity index (χ4n) is 1.90. The molecule has 1 aliphatic rings. The van der Waals surface area contributed by atoms with Crippen LogP contribution in [-0.2, 0) is 24.4 Å². The third-order valence-corrected chi connectivity index (χ3v) is 4.68. The van der Waals surface area contributed by atoms with Gasteiger partial charge in [0, 0.05) is 20.0 Å². The second-order valence-corrected chi connectivity index (χ2v) is 7.64. The predicted molar refractivity (Wildman–Crippen MR) is 71.9 cm³/mol. The highest BCUT2D eigenvalue weighted by Gasteiger charge is 2.72. The Balaban J connectivity index is 2.76. The van der Waals surface area contributed by atoms with Gasteiger partial charge in [-0.1, -0.05) is 13.8 Å². The van der Waals surface area contributed by atoms with Crippen LogP contribution in [-0.4, -0.2) is 60.6 Å². The second-order valence-electron chi connectivity index (χ2n) is 6.18. The van der Waals surface area contributed by atoms with E-state index in [0.29, 0.717) is 13.8 Å². The summed E-state index contributed by atoms with van der Waals surface area (Å²) in [6.07, 6.45) is 0. The van der Waals surface area contributed by atoms with Gasteiger partial charge in [0.1, 0.15) is 6.61 Å². The molecule has 1 aliphatic heterocycles. The standard InChI is InChI=1S/C12H17F4NO6S/c1-7(18)17-4-8(5-17)9(19)23-6-10(2,3)11(13,14)12(15,16)24(20,21)22/h8H,4-6H2,1-3H3,(H,20,21,22). The van der Waals surface area contributed by atoms with E-state index in [0.717, 1.165) is 0 Å². The van der Waals surface area contributed by atoms with Gasteiger partial charge in [-0.2, -0.15) is 26.0 Å². The van der Waals surface area contributed by atoms with E-state index in [1.807, 2.05) is 0 Å². The van der Waals surface area contributed by atoms with Crippen LogP contribution in [0.2, 0.25) is 0 Å². The highest BCUT2D eigenvalue weighted by atomic mass is 32.2. The van der Waals surface area contributed by atoms with Gasteiger partial charge >= 0.3 is 27.3 Å². The van der Waals surface area contributed by atoms with E-state index in [1.165, 1.54) is 11.8 Å². The molecule has 12 heteroatoms. The van der Waals surface area contributed by atoms with Crippen LogP contribution in [0.1, 0.15) is 20.8 Å². The number of esters is 1. The number of alkyl halides is 4. The minimum Gasteiger partial charge on any atom is -0.465 e. The van der Waals surface area contributed by atoms with Gasteiger partial charge in [-0.15, -0.1) is 0 Å². The van der Waals surface area contributed by atoms with Gasteiger partial charge in [0.2, 0.25) is 5.91 Å². The molecule has 1 amide bonds. The summed E-state index contributed by atoms with van der Waals surface area (Å²) in [5.41, 5.74) is -2.79. The third-order valence-electron chi connectivity index (χ3n) is 3.77. The molecule has 1 saturated heterocycles. The number of hydrogen-bond donors (Lipinski definition) is 1. The van der Waals surface area contributed by atoms with Crippen LogP contribution in [0.5, 0.6) is 0 Å². The third kappa shape index (κ3) is 3.48. The Bertz CT molecular complexity index is 627. The number of ether oxygens (including phenoxy) is 1. The Morgan fingerprint density at radius 1 is 1.21 bits per heavy atom. The highest BCUT2D eigenvalue weighted by molar-refractivity contribution is 7.87. The fraction of sp³-hybridized carbons (Fsp3) is 0.833. The Labute approximate surface area is 135 Å². The molecule has 1 rings (SSSR count). The van der Waals surface area contributed by atoms with E-state index in [-0.39, 0.29) is 19.0 Å². The van der Waals surface area contributed by atoms with Crippen LogP contribution in [0.4, 0.5) is 17.6 Å². The van der Waals surface area contributed by atoms with Gasteiger partial charge < -0.3 is 9.64 Å². The average Bonchev–Trinajstić information content (AvgIpc) is 2.32. The van der Waals surface area contributed by atoms with Gasteiger partial charge in [0.05, 0.1) is 11.3 Å². The van der Waals surface area contributed by atoms with Crippen LogP contribution < -0.4 is 0 Å². The summed E-state index contributed by atoms with van der Waals surface area (Å²) in [7, 11) is -6.38. The number of hydrogen-bond acceptors (Lipinski definition) is 5. The Kier molecular flexibility index (Phi) is 5.27. The quantitative estimate of drug-likeness (QED) is 0.422. The van der Waals surface area contributed by atoms with Crippen molar-refractivity contribution in [3.63, 3.8) is 0 Å². The lowest BCUT2D eigenvalue weighted by atomic mass is 9.86. The molecular weight excluding hydrogens is 362 g/mol. The molecule has 1 heterocycles. The lowest BCUT2D eigenvalue weighted by Crippen LogP contribution is -2.57. The summed E-state index contributed by atoms with van der Waals surface area (Å²) in [6.45, 7) is 1.24. The van der Waals surface area contributed by atoms with Crippen molar-refractivity contribution in [2.24, 2.45) is 11.3 Å². The molecule has 0 unspecified atom stereocenters. The topological polar surface area (TPSA) is 101 Å². The fourth-order valence-corrected chi connectivity index (χ4v) is 2.50. The number of amides is 1. The summed E-state index contributed by atoms with van der Waals surface area (Å²) >= 11 is 0. The van der Waals surface area contributed by atoms with E-state index in [4.69, 9.17) is 4.55 Å². The smallest absolute Gasteiger partial charge is 0.432 e. The minimum absolute atomic E-state index is 0.0200. The summed E-state index contributed by atoms with van der Waals surface area (Å²) in [5.74, 6) is -7.23. The molecule has 0 aromatic carbocycles. The number of carbonyl (C=O) groups excluding carboxylic acids is 2. The maximum atomic E-state index is 13.9. The summed E-state index contributed by atoms with van der Waals surface area (Å²) in [5, 5.41) is -5.75. The molecule has 140 valence electrons. The first-order valence-corrected chi connectivity index (χ1v) is 8.13. The van der Waals surface area contributed by atoms with E-state index in [1.54, 1.807) is 0 Å². The monoisotopic (exact) mass is 379 g/mol. The predicted octanol–water partition coefficient (Wildman–Crippen LogP) is 1.15. The maximum absolute atomic E-state index is 13.9. The minimum atomic E-state index is -6.38. The van der Waals surface area contributed by atoms with Crippen molar-refractivity contribution in [1.29, 1.82) is 0 Å². The zero-order valence-corrected chi connectivity index (χ0v) is 13.9. The number of carbonyl (C=O) groups is 2.